The number of anilines is 1. The van der Waals surface area contributed by atoms with Crippen LogP contribution in [0.5, 0.6) is 0 Å². The lowest BCUT2D eigenvalue weighted by atomic mass is 10.1. The van der Waals surface area contributed by atoms with Gasteiger partial charge < -0.3 is 14.9 Å². The van der Waals surface area contributed by atoms with E-state index >= 15 is 0 Å². The maximum Gasteiger partial charge on any atom is 0.123 e. The van der Waals surface area contributed by atoms with Gasteiger partial charge in [0.1, 0.15) is 5.82 Å². The molecule has 2 rings (SSSR count). The van der Waals surface area contributed by atoms with Gasteiger partial charge in [0.25, 0.3) is 0 Å². The number of halogens is 1. The van der Waals surface area contributed by atoms with E-state index in [0.717, 1.165) is 18.8 Å². The van der Waals surface area contributed by atoms with Crippen molar-refractivity contribution in [2.45, 2.75) is 19.4 Å². The molecule has 1 aromatic carbocycles. The molecule has 0 saturated carbocycles. The highest BCUT2D eigenvalue weighted by Crippen LogP contribution is 2.20. The van der Waals surface area contributed by atoms with E-state index in [4.69, 9.17) is 0 Å². The number of likely N-dealkylation sites (N-methyl/N-ethyl adjacent to an activating group) is 1. The minimum Gasteiger partial charge on any atom is -0.392 e. The third-order valence-corrected chi connectivity index (χ3v) is 3.57. The largest absolute Gasteiger partial charge is 0.392 e. The molecular formula is C14H21FN2O. The van der Waals surface area contributed by atoms with Gasteiger partial charge in [-0.3, -0.25) is 0 Å². The first-order valence-electron chi connectivity index (χ1n) is 6.53. The summed E-state index contributed by atoms with van der Waals surface area (Å²) in [6.07, 6.45) is 2.59. The van der Waals surface area contributed by atoms with Gasteiger partial charge in [0.15, 0.2) is 0 Å². The number of nitrogens with zero attached hydrogens (tertiary/aromatic N) is 2. The van der Waals surface area contributed by atoms with Crippen molar-refractivity contribution in [3.63, 3.8) is 0 Å². The van der Waals surface area contributed by atoms with Crippen LogP contribution in [0.25, 0.3) is 0 Å². The molecule has 1 aliphatic rings. The fraction of sp³-hybridized carbons (Fsp3) is 0.571. The number of benzene rings is 1. The van der Waals surface area contributed by atoms with Crippen molar-refractivity contribution in [2.24, 2.45) is 0 Å². The first-order chi connectivity index (χ1) is 8.70. The van der Waals surface area contributed by atoms with E-state index in [1.54, 1.807) is 6.07 Å². The van der Waals surface area contributed by atoms with Crippen molar-refractivity contribution in [1.82, 2.24) is 4.90 Å². The van der Waals surface area contributed by atoms with E-state index in [1.807, 2.05) is 7.05 Å². The monoisotopic (exact) mass is 252 g/mol. The Balaban J connectivity index is 1.96. The van der Waals surface area contributed by atoms with Crippen molar-refractivity contribution in [3.05, 3.63) is 29.6 Å². The molecule has 3 nitrogen and oxygen atoms in total. The molecule has 1 saturated heterocycles. The van der Waals surface area contributed by atoms with Gasteiger partial charge in [-0.15, -0.1) is 0 Å². The van der Waals surface area contributed by atoms with Crippen LogP contribution >= 0.6 is 0 Å². The van der Waals surface area contributed by atoms with Crippen molar-refractivity contribution in [3.8, 4) is 0 Å². The van der Waals surface area contributed by atoms with Crippen molar-refractivity contribution in [1.29, 1.82) is 0 Å². The summed E-state index contributed by atoms with van der Waals surface area (Å²) >= 11 is 0. The maximum absolute atomic E-state index is 13.1. The maximum atomic E-state index is 13.1. The molecule has 0 amide bonds. The van der Waals surface area contributed by atoms with Gasteiger partial charge in [0.2, 0.25) is 0 Å². The van der Waals surface area contributed by atoms with E-state index in [9.17, 15) is 9.50 Å². The molecule has 0 spiro atoms. The summed E-state index contributed by atoms with van der Waals surface area (Å²) in [6, 6.07) is 4.59. The Morgan fingerprint density at radius 2 is 2.06 bits per heavy atom. The van der Waals surface area contributed by atoms with Crippen molar-refractivity contribution in [2.75, 3.05) is 38.1 Å². The van der Waals surface area contributed by atoms with Gasteiger partial charge in [-0.2, -0.15) is 0 Å². The zero-order valence-corrected chi connectivity index (χ0v) is 10.9. The Kier molecular flexibility index (Phi) is 4.55. The Bertz CT molecular complexity index is 391. The summed E-state index contributed by atoms with van der Waals surface area (Å²) in [5, 5.41) is 9.27. The third-order valence-electron chi connectivity index (χ3n) is 3.57. The topological polar surface area (TPSA) is 26.7 Å². The minimum atomic E-state index is -0.296. The molecule has 4 heteroatoms. The number of aliphatic hydroxyl groups is 1. The second-order valence-corrected chi connectivity index (χ2v) is 4.90. The van der Waals surface area contributed by atoms with Crippen molar-refractivity contribution >= 4 is 5.69 Å². The lowest BCUT2D eigenvalue weighted by Crippen LogP contribution is -2.31. The first kappa shape index (κ1) is 13.3. The summed E-state index contributed by atoms with van der Waals surface area (Å²) in [5.74, 6) is -0.296. The molecule has 0 aliphatic carbocycles. The lowest BCUT2D eigenvalue weighted by Gasteiger charge is -2.25. The molecule has 0 unspecified atom stereocenters. The highest BCUT2D eigenvalue weighted by atomic mass is 19.1. The predicted molar refractivity (Wildman–Crippen MR) is 71.3 cm³/mol. The molecule has 0 bridgehead atoms. The molecule has 1 N–H and O–H groups in total. The highest BCUT2D eigenvalue weighted by Gasteiger charge is 2.13. The van der Waals surface area contributed by atoms with E-state index in [2.05, 4.69) is 9.80 Å². The quantitative estimate of drug-likeness (QED) is 0.866. The fourth-order valence-corrected chi connectivity index (χ4v) is 2.47. The Hall–Kier alpha value is -1.13. The Labute approximate surface area is 108 Å². The first-order valence-corrected chi connectivity index (χ1v) is 6.53. The van der Waals surface area contributed by atoms with Gasteiger partial charge in [0, 0.05) is 31.4 Å². The van der Waals surface area contributed by atoms with E-state index in [-0.39, 0.29) is 12.4 Å². The van der Waals surface area contributed by atoms with Crippen LogP contribution in [-0.2, 0) is 6.61 Å². The SMILES string of the molecule is CN(CCN1CCCC1)c1ccc(F)cc1CO. The number of rotatable bonds is 5. The van der Waals surface area contributed by atoms with E-state index in [1.165, 1.54) is 38.1 Å². The second-order valence-electron chi connectivity index (χ2n) is 4.90. The number of aliphatic hydroxyl groups excluding tert-OH is 1. The molecule has 100 valence electrons. The minimum absolute atomic E-state index is 0.124. The van der Waals surface area contributed by atoms with Gasteiger partial charge in [-0.1, -0.05) is 0 Å². The van der Waals surface area contributed by atoms with Crippen LogP contribution in [0.1, 0.15) is 18.4 Å². The van der Waals surface area contributed by atoms with Gasteiger partial charge in [0.05, 0.1) is 6.61 Å². The normalized spacial score (nSPS) is 16.2. The van der Waals surface area contributed by atoms with Crippen LogP contribution in [0.3, 0.4) is 0 Å². The summed E-state index contributed by atoms with van der Waals surface area (Å²) in [7, 11) is 1.99. The standard InChI is InChI=1S/C14H21FN2O/c1-16(8-9-17-6-2-3-7-17)14-5-4-13(15)10-12(14)11-18/h4-5,10,18H,2-3,6-9,11H2,1H3. The summed E-state index contributed by atoms with van der Waals surface area (Å²) < 4.78 is 13.1. The zero-order chi connectivity index (χ0) is 13.0. The zero-order valence-electron chi connectivity index (χ0n) is 10.9. The molecule has 0 atom stereocenters. The Morgan fingerprint density at radius 3 is 2.72 bits per heavy atom. The second kappa shape index (κ2) is 6.16. The van der Waals surface area contributed by atoms with Crippen LogP contribution < -0.4 is 4.90 Å². The molecule has 18 heavy (non-hydrogen) atoms. The van der Waals surface area contributed by atoms with Gasteiger partial charge in [-0.05, 0) is 44.1 Å². The Morgan fingerprint density at radius 1 is 1.33 bits per heavy atom. The molecule has 1 heterocycles. The predicted octanol–water partition coefficient (Wildman–Crippen LogP) is 1.85. The van der Waals surface area contributed by atoms with Crippen LogP contribution in [0.2, 0.25) is 0 Å². The van der Waals surface area contributed by atoms with Crippen LogP contribution in [0.15, 0.2) is 18.2 Å². The smallest absolute Gasteiger partial charge is 0.123 e. The molecular weight excluding hydrogens is 231 g/mol. The van der Waals surface area contributed by atoms with Crippen LogP contribution in [-0.4, -0.2) is 43.2 Å². The summed E-state index contributed by atoms with van der Waals surface area (Å²) in [5.41, 5.74) is 1.57. The molecule has 1 fully saturated rings. The van der Waals surface area contributed by atoms with Crippen molar-refractivity contribution < 1.29 is 9.50 Å². The van der Waals surface area contributed by atoms with Gasteiger partial charge >= 0.3 is 0 Å². The van der Waals surface area contributed by atoms with Gasteiger partial charge in [-0.25, -0.2) is 4.39 Å². The summed E-state index contributed by atoms with van der Waals surface area (Å²) in [4.78, 5) is 4.53. The number of hydrogen-bond acceptors (Lipinski definition) is 3. The number of hydrogen-bond donors (Lipinski definition) is 1. The van der Waals surface area contributed by atoms with Crippen LogP contribution in [0, 0.1) is 5.82 Å². The number of likely N-dealkylation sites (tertiary alicyclic amines) is 1. The summed E-state index contributed by atoms with van der Waals surface area (Å²) in [6.45, 7) is 4.17. The highest BCUT2D eigenvalue weighted by molar-refractivity contribution is 5.53. The molecule has 1 aromatic rings. The van der Waals surface area contributed by atoms with Crippen LogP contribution in [0.4, 0.5) is 10.1 Å². The molecule has 0 aromatic heterocycles. The lowest BCUT2D eigenvalue weighted by molar-refractivity contribution is 0.281. The fourth-order valence-electron chi connectivity index (χ4n) is 2.47. The van der Waals surface area contributed by atoms with E-state index < -0.39 is 0 Å². The molecule has 1 aliphatic heterocycles. The third kappa shape index (κ3) is 3.21. The average molecular weight is 252 g/mol. The average Bonchev–Trinajstić information content (AvgIpc) is 2.88. The van der Waals surface area contributed by atoms with E-state index in [0.29, 0.717) is 5.56 Å². The molecule has 0 radical (unpaired) electrons.